The van der Waals surface area contributed by atoms with Crippen molar-refractivity contribution in [2.75, 3.05) is 7.11 Å². The zero-order chi connectivity index (χ0) is 11.8. The van der Waals surface area contributed by atoms with Gasteiger partial charge in [-0.2, -0.15) is 0 Å². The summed E-state index contributed by atoms with van der Waals surface area (Å²) in [5.41, 5.74) is 0. The average Bonchev–Trinajstić information content (AvgIpc) is 2.16. The molecule has 2 heteroatoms. The molecule has 0 aliphatic carbocycles. The van der Waals surface area contributed by atoms with E-state index < -0.39 is 0 Å². The highest BCUT2D eigenvalue weighted by Crippen LogP contribution is 2.22. The van der Waals surface area contributed by atoms with Gasteiger partial charge in [0.05, 0.1) is 13.0 Å². The van der Waals surface area contributed by atoms with Crippen LogP contribution in [-0.4, -0.2) is 13.1 Å². The Bertz CT molecular complexity index is 177. The highest BCUT2D eigenvalue weighted by Gasteiger charge is 2.17. The molecule has 0 aliphatic heterocycles. The van der Waals surface area contributed by atoms with E-state index in [0.29, 0.717) is 5.92 Å². The van der Waals surface area contributed by atoms with Crippen LogP contribution in [0.15, 0.2) is 0 Å². The molecular formula is C13H26O2. The molecule has 0 radical (unpaired) electrons. The molecule has 0 amide bonds. The van der Waals surface area contributed by atoms with Gasteiger partial charge >= 0.3 is 5.97 Å². The molecule has 0 N–H and O–H groups in total. The van der Waals surface area contributed by atoms with Crippen molar-refractivity contribution in [3.8, 4) is 0 Å². The lowest BCUT2D eigenvalue weighted by atomic mass is 9.88. The molecule has 0 spiro atoms. The van der Waals surface area contributed by atoms with Crippen molar-refractivity contribution in [3.63, 3.8) is 0 Å². The van der Waals surface area contributed by atoms with E-state index in [1.807, 2.05) is 6.92 Å². The Morgan fingerprint density at radius 1 is 1.13 bits per heavy atom. The highest BCUT2D eigenvalue weighted by molar-refractivity contribution is 5.71. The summed E-state index contributed by atoms with van der Waals surface area (Å²) in [6.07, 6.45) is 4.70. The van der Waals surface area contributed by atoms with Gasteiger partial charge in [-0.05, 0) is 24.7 Å². The van der Waals surface area contributed by atoms with Crippen LogP contribution in [-0.2, 0) is 9.53 Å². The molecule has 2 nitrogen and oxygen atoms in total. The summed E-state index contributed by atoms with van der Waals surface area (Å²) in [7, 11) is 1.46. The van der Waals surface area contributed by atoms with Gasteiger partial charge in [-0.3, -0.25) is 4.79 Å². The Morgan fingerprint density at radius 3 is 2.20 bits per heavy atom. The molecule has 0 saturated carbocycles. The molecule has 0 aromatic heterocycles. The molecule has 3 atom stereocenters. The molecule has 0 fully saturated rings. The van der Waals surface area contributed by atoms with Crippen molar-refractivity contribution in [1.82, 2.24) is 0 Å². The predicted octanol–water partition coefficient (Wildman–Crippen LogP) is 3.65. The van der Waals surface area contributed by atoms with Crippen LogP contribution in [0.1, 0.15) is 53.4 Å². The summed E-state index contributed by atoms with van der Waals surface area (Å²) in [5, 5.41) is 0. The first-order valence-corrected chi connectivity index (χ1v) is 6.09. The van der Waals surface area contributed by atoms with Crippen LogP contribution in [0.25, 0.3) is 0 Å². The van der Waals surface area contributed by atoms with Gasteiger partial charge in [-0.1, -0.05) is 40.5 Å². The third-order valence-electron chi connectivity index (χ3n) is 2.95. The van der Waals surface area contributed by atoms with Gasteiger partial charge in [0, 0.05) is 0 Å². The fraction of sp³-hybridized carbons (Fsp3) is 0.923. The minimum atomic E-state index is -0.0787. The summed E-state index contributed by atoms with van der Waals surface area (Å²) >= 11 is 0. The van der Waals surface area contributed by atoms with E-state index in [1.165, 1.54) is 26.4 Å². The maximum atomic E-state index is 11.2. The van der Waals surface area contributed by atoms with E-state index in [-0.39, 0.29) is 11.9 Å². The number of carbonyl (C=O) groups excluding carboxylic acids is 1. The van der Waals surface area contributed by atoms with Gasteiger partial charge in [-0.15, -0.1) is 0 Å². The minimum absolute atomic E-state index is 0.0406. The molecule has 0 saturated heterocycles. The van der Waals surface area contributed by atoms with E-state index in [0.717, 1.165) is 12.3 Å². The molecule has 0 heterocycles. The summed E-state index contributed by atoms with van der Waals surface area (Å²) in [6, 6.07) is 0. The van der Waals surface area contributed by atoms with Gasteiger partial charge < -0.3 is 4.74 Å². The van der Waals surface area contributed by atoms with Crippen molar-refractivity contribution < 1.29 is 9.53 Å². The van der Waals surface area contributed by atoms with Gasteiger partial charge in [0.2, 0.25) is 0 Å². The normalized spacial score (nSPS) is 16.9. The second-order valence-electron chi connectivity index (χ2n) is 4.89. The minimum Gasteiger partial charge on any atom is -0.469 e. The van der Waals surface area contributed by atoms with Crippen LogP contribution in [0.3, 0.4) is 0 Å². The number of rotatable bonds is 7. The lowest BCUT2D eigenvalue weighted by Gasteiger charge is -2.19. The van der Waals surface area contributed by atoms with Gasteiger partial charge in [0.1, 0.15) is 0 Å². The maximum Gasteiger partial charge on any atom is 0.308 e. The zero-order valence-electron chi connectivity index (χ0n) is 10.9. The standard InChI is InChI=1S/C13H26O2/c1-6-7-10(2)8-11(3)9-12(4)13(14)15-5/h10-12H,6-9H2,1-5H3/t10-,11+,12-/m1/s1. The molecule has 0 bridgehead atoms. The molecule has 0 aliphatic rings. The van der Waals surface area contributed by atoms with Crippen molar-refractivity contribution in [1.29, 1.82) is 0 Å². The Balaban J connectivity index is 3.81. The van der Waals surface area contributed by atoms with E-state index >= 15 is 0 Å². The number of ether oxygens (including phenoxy) is 1. The Hall–Kier alpha value is -0.530. The van der Waals surface area contributed by atoms with Crippen molar-refractivity contribution in [3.05, 3.63) is 0 Å². The summed E-state index contributed by atoms with van der Waals surface area (Å²) in [4.78, 5) is 11.2. The second-order valence-corrected chi connectivity index (χ2v) is 4.89. The first kappa shape index (κ1) is 14.5. The molecule has 90 valence electrons. The SMILES string of the molecule is CCC[C@@H](C)C[C@H](C)C[C@@H](C)C(=O)OC. The fourth-order valence-corrected chi connectivity index (χ4v) is 2.29. The van der Waals surface area contributed by atoms with Crippen LogP contribution in [0.5, 0.6) is 0 Å². The average molecular weight is 214 g/mol. The zero-order valence-corrected chi connectivity index (χ0v) is 10.9. The number of hydrogen-bond acceptors (Lipinski definition) is 2. The molecule has 0 rings (SSSR count). The van der Waals surface area contributed by atoms with E-state index in [2.05, 4.69) is 20.8 Å². The maximum absolute atomic E-state index is 11.2. The van der Waals surface area contributed by atoms with Crippen LogP contribution < -0.4 is 0 Å². The van der Waals surface area contributed by atoms with Gasteiger partial charge in [-0.25, -0.2) is 0 Å². The molecule has 0 aromatic carbocycles. The predicted molar refractivity (Wildman–Crippen MR) is 63.7 cm³/mol. The third kappa shape index (κ3) is 6.53. The number of hydrogen-bond donors (Lipinski definition) is 0. The number of esters is 1. The Kier molecular flexibility index (Phi) is 7.45. The lowest BCUT2D eigenvalue weighted by molar-refractivity contribution is -0.145. The quantitative estimate of drug-likeness (QED) is 0.605. The highest BCUT2D eigenvalue weighted by atomic mass is 16.5. The molecule has 15 heavy (non-hydrogen) atoms. The second kappa shape index (κ2) is 7.72. The largest absolute Gasteiger partial charge is 0.469 e. The first-order chi connectivity index (χ1) is 7.01. The fourth-order valence-electron chi connectivity index (χ4n) is 2.29. The first-order valence-electron chi connectivity index (χ1n) is 6.09. The molecule has 0 aromatic rings. The van der Waals surface area contributed by atoms with Crippen LogP contribution in [0.4, 0.5) is 0 Å². The monoisotopic (exact) mass is 214 g/mol. The number of methoxy groups -OCH3 is 1. The Labute approximate surface area is 94.4 Å². The number of carbonyl (C=O) groups is 1. The van der Waals surface area contributed by atoms with Gasteiger partial charge in [0.15, 0.2) is 0 Å². The summed E-state index contributed by atoms with van der Waals surface area (Å²) in [5.74, 6) is 1.35. The summed E-state index contributed by atoms with van der Waals surface area (Å²) < 4.78 is 4.73. The smallest absolute Gasteiger partial charge is 0.308 e. The Morgan fingerprint density at radius 2 is 1.73 bits per heavy atom. The topological polar surface area (TPSA) is 26.3 Å². The van der Waals surface area contributed by atoms with Crippen molar-refractivity contribution >= 4 is 5.97 Å². The van der Waals surface area contributed by atoms with E-state index in [9.17, 15) is 4.79 Å². The molecule has 0 unspecified atom stereocenters. The summed E-state index contributed by atoms with van der Waals surface area (Å²) in [6.45, 7) is 8.69. The lowest BCUT2D eigenvalue weighted by Crippen LogP contribution is -2.16. The van der Waals surface area contributed by atoms with Crippen molar-refractivity contribution in [2.24, 2.45) is 17.8 Å². The van der Waals surface area contributed by atoms with Gasteiger partial charge in [0.25, 0.3) is 0 Å². The third-order valence-corrected chi connectivity index (χ3v) is 2.95. The molecular weight excluding hydrogens is 188 g/mol. The van der Waals surface area contributed by atoms with Crippen LogP contribution in [0.2, 0.25) is 0 Å². The van der Waals surface area contributed by atoms with Crippen molar-refractivity contribution in [2.45, 2.75) is 53.4 Å². The van der Waals surface area contributed by atoms with E-state index in [1.54, 1.807) is 0 Å². The van der Waals surface area contributed by atoms with Crippen LogP contribution in [0, 0.1) is 17.8 Å². The van der Waals surface area contributed by atoms with Crippen LogP contribution >= 0.6 is 0 Å². The van der Waals surface area contributed by atoms with E-state index in [4.69, 9.17) is 4.74 Å².